The van der Waals surface area contributed by atoms with E-state index < -0.39 is 41.9 Å². The van der Waals surface area contributed by atoms with Crippen molar-refractivity contribution in [2.24, 2.45) is 11.3 Å². The van der Waals surface area contributed by atoms with Crippen LogP contribution in [0.15, 0.2) is 12.2 Å². The van der Waals surface area contributed by atoms with Gasteiger partial charge in [0.15, 0.2) is 5.78 Å². The molecular weight excluding hydrogens is 316 g/mol. The van der Waals surface area contributed by atoms with Crippen LogP contribution in [0.3, 0.4) is 0 Å². The first-order chi connectivity index (χ1) is 11.1. The molecule has 1 aliphatic carbocycles. The Balaban J connectivity index is 2.42. The zero-order valence-corrected chi connectivity index (χ0v) is 14.5. The van der Waals surface area contributed by atoms with E-state index in [1.165, 1.54) is 0 Å². The monoisotopic (exact) mass is 346 g/mol. The summed E-state index contributed by atoms with van der Waals surface area (Å²) >= 11 is 0. The van der Waals surface area contributed by atoms with Gasteiger partial charge in [-0.15, -0.1) is 0 Å². The molecule has 0 aromatic heterocycles. The Labute approximate surface area is 142 Å². The largest absolute Gasteiger partial charge is 0.396 e. The molecule has 0 amide bonds. The van der Waals surface area contributed by atoms with Crippen molar-refractivity contribution in [3.8, 4) is 0 Å². The fourth-order valence-electron chi connectivity index (χ4n) is 2.71. The highest BCUT2D eigenvalue weighted by Crippen LogP contribution is 2.27. The molecule has 0 spiro atoms. The highest BCUT2D eigenvalue weighted by atomic mass is 16.5. The Morgan fingerprint density at radius 3 is 2.33 bits per heavy atom. The normalized spacial score (nSPS) is 32.9. The number of hydrogen-bond acceptors (Lipinski definition) is 7. The molecule has 1 saturated carbocycles. The van der Waals surface area contributed by atoms with Gasteiger partial charge in [0.25, 0.3) is 0 Å². The van der Waals surface area contributed by atoms with Gasteiger partial charge in [0.2, 0.25) is 0 Å². The lowest BCUT2D eigenvalue weighted by Crippen LogP contribution is -2.55. The van der Waals surface area contributed by atoms with E-state index in [4.69, 9.17) is 4.74 Å². The SMILES string of the molecule is CC(C)(C)C(=O)C(O)C/C=C/COC1CC(CO)C(O)C(O)C1O. The molecule has 0 radical (unpaired) electrons. The highest BCUT2D eigenvalue weighted by Gasteiger charge is 2.42. The minimum Gasteiger partial charge on any atom is -0.396 e. The predicted molar refractivity (Wildman–Crippen MR) is 87.2 cm³/mol. The third-order valence-electron chi connectivity index (χ3n) is 4.31. The van der Waals surface area contributed by atoms with Crippen LogP contribution in [0.5, 0.6) is 0 Å². The summed E-state index contributed by atoms with van der Waals surface area (Å²) < 4.78 is 5.47. The highest BCUT2D eigenvalue weighted by molar-refractivity contribution is 5.87. The number of carbonyl (C=O) groups excluding carboxylic acids is 1. The van der Waals surface area contributed by atoms with Gasteiger partial charge in [-0.25, -0.2) is 0 Å². The lowest BCUT2D eigenvalue weighted by molar-refractivity contribution is -0.175. The molecule has 24 heavy (non-hydrogen) atoms. The summed E-state index contributed by atoms with van der Waals surface area (Å²) in [5.74, 6) is -0.790. The van der Waals surface area contributed by atoms with Crippen LogP contribution in [0, 0.1) is 11.3 Å². The van der Waals surface area contributed by atoms with E-state index in [1.54, 1.807) is 32.9 Å². The number of aliphatic hydroxyl groups excluding tert-OH is 5. The smallest absolute Gasteiger partial charge is 0.166 e. The van der Waals surface area contributed by atoms with E-state index in [0.29, 0.717) is 0 Å². The van der Waals surface area contributed by atoms with E-state index in [1.807, 2.05) is 0 Å². The molecule has 7 heteroatoms. The van der Waals surface area contributed by atoms with E-state index in [9.17, 15) is 30.3 Å². The van der Waals surface area contributed by atoms with Gasteiger partial charge in [0.1, 0.15) is 18.3 Å². The lowest BCUT2D eigenvalue weighted by Gasteiger charge is -2.39. The second-order valence-corrected chi connectivity index (χ2v) is 7.36. The third kappa shape index (κ3) is 5.61. The number of ether oxygens (including phenoxy) is 1. The summed E-state index contributed by atoms with van der Waals surface area (Å²) in [7, 11) is 0. The van der Waals surface area contributed by atoms with Crippen molar-refractivity contribution in [2.45, 2.75) is 64.1 Å². The molecule has 0 heterocycles. The minimum atomic E-state index is -1.36. The summed E-state index contributed by atoms with van der Waals surface area (Å²) in [6.45, 7) is 5.05. The first-order valence-corrected chi connectivity index (χ1v) is 8.23. The van der Waals surface area contributed by atoms with Crippen molar-refractivity contribution >= 4 is 5.78 Å². The molecule has 1 rings (SSSR count). The maximum absolute atomic E-state index is 11.8. The fourth-order valence-corrected chi connectivity index (χ4v) is 2.71. The number of rotatable bonds is 7. The molecule has 0 saturated heterocycles. The standard InChI is InChI=1S/C17H30O7/c1-17(2,3)16(23)11(19)6-4-5-7-24-12-8-10(9-18)13(20)15(22)14(12)21/h4-5,10-15,18-22H,6-9H2,1-3H3/b5-4+. The van der Waals surface area contributed by atoms with Crippen LogP contribution in [0.1, 0.15) is 33.6 Å². The third-order valence-corrected chi connectivity index (χ3v) is 4.31. The number of hydrogen-bond donors (Lipinski definition) is 5. The van der Waals surface area contributed by atoms with Crippen LogP contribution in [0.2, 0.25) is 0 Å². The summed E-state index contributed by atoms with van der Waals surface area (Å²) in [5, 5.41) is 48.4. The first kappa shape index (κ1) is 21.2. The first-order valence-electron chi connectivity index (χ1n) is 8.23. The van der Waals surface area contributed by atoms with Gasteiger partial charge in [0.05, 0.1) is 18.8 Å². The van der Waals surface area contributed by atoms with Crippen molar-refractivity contribution in [1.29, 1.82) is 0 Å². The maximum atomic E-state index is 11.8. The van der Waals surface area contributed by atoms with Crippen LogP contribution in [-0.2, 0) is 9.53 Å². The molecule has 0 aromatic rings. The lowest BCUT2D eigenvalue weighted by atomic mass is 9.81. The Kier molecular flexibility index (Phi) is 7.98. The molecule has 140 valence electrons. The van der Waals surface area contributed by atoms with Crippen LogP contribution >= 0.6 is 0 Å². The van der Waals surface area contributed by atoms with Gasteiger partial charge in [-0.2, -0.15) is 0 Å². The molecular formula is C17H30O7. The number of ketones is 1. The maximum Gasteiger partial charge on any atom is 0.166 e. The van der Waals surface area contributed by atoms with Gasteiger partial charge in [0, 0.05) is 17.9 Å². The van der Waals surface area contributed by atoms with Crippen LogP contribution in [0.25, 0.3) is 0 Å². The predicted octanol–water partition coefficient (Wildman–Crippen LogP) is -0.611. The summed E-state index contributed by atoms with van der Waals surface area (Å²) in [5.41, 5.74) is -0.605. The molecule has 0 bridgehead atoms. The topological polar surface area (TPSA) is 127 Å². The Morgan fingerprint density at radius 1 is 1.17 bits per heavy atom. The van der Waals surface area contributed by atoms with Crippen LogP contribution in [0.4, 0.5) is 0 Å². The second kappa shape index (κ2) is 9.03. The van der Waals surface area contributed by atoms with Crippen LogP contribution < -0.4 is 0 Å². The van der Waals surface area contributed by atoms with Crippen molar-refractivity contribution in [2.75, 3.05) is 13.2 Å². The van der Waals surface area contributed by atoms with Crippen molar-refractivity contribution in [3.63, 3.8) is 0 Å². The van der Waals surface area contributed by atoms with Gasteiger partial charge in [-0.3, -0.25) is 4.79 Å². The minimum absolute atomic E-state index is 0.124. The van der Waals surface area contributed by atoms with Gasteiger partial charge in [-0.05, 0) is 12.8 Å². The molecule has 1 fully saturated rings. The van der Waals surface area contributed by atoms with Crippen LogP contribution in [-0.4, -0.2) is 75.0 Å². The number of Topliss-reactive ketones (excluding diaryl/α,β-unsaturated/α-hetero) is 1. The summed E-state index contributed by atoms with van der Waals surface area (Å²) in [6, 6.07) is 0. The van der Waals surface area contributed by atoms with Crippen molar-refractivity contribution in [3.05, 3.63) is 12.2 Å². The van der Waals surface area contributed by atoms with Gasteiger partial charge < -0.3 is 30.3 Å². The zero-order chi connectivity index (χ0) is 18.5. The fraction of sp³-hybridized carbons (Fsp3) is 0.824. The number of aliphatic hydroxyl groups is 5. The average Bonchev–Trinajstić information content (AvgIpc) is 2.52. The molecule has 1 aliphatic rings. The van der Waals surface area contributed by atoms with Gasteiger partial charge in [-0.1, -0.05) is 32.9 Å². The summed E-state index contributed by atoms with van der Waals surface area (Å²) in [4.78, 5) is 11.8. The van der Waals surface area contributed by atoms with Gasteiger partial charge >= 0.3 is 0 Å². The Bertz CT molecular complexity index is 427. The van der Waals surface area contributed by atoms with Crippen molar-refractivity contribution < 1.29 is 35.1 Å². The average molecular weight is 346 g/mol. The quantitative estimate of drug-likeness (QED) is 0.389. The van der Waals surface area contributed by atoms with E-state index in [0.717, 1.165) is 0 Å². The Hall–Kier alpha value is -0.830. The van der Waals surface area contributed by atoms with Crippen molar-refractivity contribution in [1.82, 2.24) is 0 Å². The molecule has 5 N–H and O–H groups in total. The number of carbonyl (C=O) groups is 1. The second-order valence-electron chi connectivity index (χ2n) is 7.36. The van der Waals surface area contributed by atoms with E-state index in [-0.39, 0.29) is 31.8 Å². The van der Waals surface area contributed by atoms with E-state index in [2.05, 4.69) is 0 Å². The zero-order valence-electron chi connectivity index (χ0n) is 14.5. The molecule has 7 nitrogen and oxygen atoms in total. The van der Waals surface area contributed by atoms with E-state index >= 15 is 0 Å². The molecule has 0 aromatic carbocycles. The summed E-state index contributed by atoms with van der Waals surface area (Å²) in [6.07, 6.45) is -1.90. The molecule has 6 atom stereocenters. The Morgan fingerprint density at radius 2 is 1.79 bits per heavy atom. The molecule has 0 aliphatic heterocycles. The molecule has 6 unspecified atom stereocenters.